The van der Waals surface area contributed by atoms with Gasteiger partial charge in [-0.2, -0.15) is 5.10 Å². The molecule has 0 aliphatic carbocycles. The zero-order valence-corrected chi connectivity index (χ0v) is 14.1. The van der Waals surface area contributed by atoms with Crippen molar-refractivity contribution in [3.05, 3.63) is 48.1 Å². The average molecular weight is 325 g/mol. The molecule has 3 aromatic rings. The summed E-state index contributed by atoms with van der Waals surface area (Å²) < 4.78 is 3.47. The van der Waals surface area contributed by atoms with Gasteiger partial charge in [0.15, 0.2) is 0 Å². The molecule has 0 aliphatic heterocycles. The molecule has 0 spiro atoms. The second-order valence-electron chi connectivity index (χ2n) is 5.59. The molecule has 0 aliphatic rings. The number of hydrogen-bond acceptors (Lipinski definition) is 5. The molecule has 1 atom stereocenters. The number of rotatable bonds is 4. The monoisotopic (exact) mass is 325 g/mol. The van der Waals surface area contributed by atoms with E-state index in [9.17, 15) is 4.79 Å². The molecule has 8 nitrogen and oxygen atoms in total. The van der Waals surface area contributed by atoms with Gasteiger partial charge in [0.25, 0.3) is 0 Å². The zero-order valence-electron chi connectivity index (χ0n) is 14.1. The minimum atomic E-state index is -0.416. The van der Waals surface area contributed by atoms with Crippen LogP contribution in [0.15, 0.2) is 30.9 Å². The van der Waals surface area contributed by atoms with Crippen LogP contribution in [0.3, 0.4) is 0 Å². The lowest BCUT2D eigenvalue weighted by atomic mass is 10.3. The lowest BCUT2D eigenvalue weighted by molar-refractivity contribution is -0.119. The Balaban J connectivity index is 1.76. The maximum absolute atomic E-state index is 12.2. The molecule has 0 radical (unpaired) electrons. The van der Waals surface area contributed by atoms with Crippen LogP contribution in [0.5, 0.6) is 0 Å². The molecule has 0 bridgehead atoms. The summed E-state index contributed by atoms with van der Waals surface area (Å²) in [7, 11) is 0. The molecule has 24 heavy (non-hydrogen) atoms. The number of carbonyl (C=O) groups is 1. The fourth-order valence-electron chi connectivity index (χ4n) is 2.45. The summed E-state index contributed by atoms with van der Waals surface area (Å²) in [5, 5.41) is 6.86. The molecule has 1 N–H and O–H groups in total. The van der Waals surface area contributed by atoms with E-state index in [1.54, 1.807) is 42.5 Å². The van der Waals surface area contributed by atoms with Crippen LogP contribution in [-0.4, -0.2) is 35.2 Å². The van der Waals surface area contributed by atoms with Crippen LogP contribution in [0, 0.1) is 20.8 Å². The summed E-state index contributed by atoms with van der Waals surface area (Å²) in [4.78, 5) is 25.3. The van der Waals surface area contributed by atoms with E-state index in [0.717, 1.165) is 17.2 Å². The smallest absolute Gasteiger partial charge is 0.249 e. The fourth-order valence-corrected chi connectivity index (χ4v) is 2.45. The van der Waals surface area contributed by atoms with Crippen molar-refractivity contribution in [1.29, 1.82) is 0 Å². The molecule has 3 aromatic heterocycles. The van der Waals surface area contributed by atoms with E-state index < -0.39 is 6.04 Å². The standard InChI is InChI=1S/C16H19N7O/c1-10-11(2)23(13(4)20-10)16-17-8-14(9-18-16)21-15(24)12(3)22-7-5-6-19-22/h5-9,12H,1-4H3,(H,21,24). The van der Waals surface area contributed by atoms with Gasteiger partial charge in [-0.05, 0) is 33.8 Å². The first-order valence-electron chi connectivity index (χ1n) is 7.62. The molecule has 3 rings (SSSR count). The Bertz CT molecular complexity index is 849. The lowest BCUT2D eigenvalue weighted by Crippen LogP contribution is -2.24. The van der Waals surface area contributed by atoms with Crippen LogP contribution in [-0.2, 0) is 4.79 Å². The highest BCUT2D eigenvalue weighted by Gasteiger charge is 2.16. The van der Waals surface area contributed by atoms with Crippen molar-refractivity contribution in [2.75, 3.05) is 5.32 Å². The summed E-state index contributed by atoms with van der Waals surface area (Å²) in [5.41, 5.74) is 2.48. The van der Waals surface area contributed by atoms with E-state index in [0.29, 0.717) is 11.6 Å². The maximum Gasteiger partial charge on any atom is 0.249 e. The fraction of sp³-hybridized carbons (Fsp3) is 0.312. The zero-order chi connectivity index (χ0) is 17.3. The van der Waals surface area contributed by atoms with Crippen LogP contribution in [0.2, 0.25) is 0 Å². The van der Waals surface area contributed by atoms with Crippen LogP contribution in [0.25, 0.3) is 5.95 Å². The minimum absolute atomic E-state index is 0.180. The van der Waals surface area contributed by atoms with E-state index in [1.165, 1.54) is 0 Å². The molecular formula is C16H19N7O. The molecular weight excluding hydrogens is 306 g/mol. The largest absolute Gasteiger partial charge is 0.322 e. The molecule has 0 fully saturated rings. The molecule has 0 saturated heterocycles. The van der Waals surface area contributed by atoms with E-state index in [4.69, 9.17) is 0 Å². The molecule has 124 valence electrons. The Morgan fingerprint density at radius 3 is 2.46 bits per heavy atom. The number of aromatic nitrogens is 6. The highest BCUT2D eigenvalue weighted by Crippen LogP contribution is 2.15. The SMILES string of the molecule is Cc1nc(C)n(-c2ncc(NC(=O)C(C)n3cccn3)cn2)c1C. The number of aryl methyl sites for hydroxylation is 2. The highest BCUT2D eigenvalue weighted by molar-refractivity contribution is 5.93. The van der Waals surface area contributed by atoms with Crippen LogP contribution in [0.4, 0.5) is 5.69 Å². The summed E-state index contributed by atoms with van der Waals surface area (Å²) in [5.74, 6) is 1.18. The minimum Gasteiger partial charge on any atom is -0.322 e. The number of carbonyl (C=O) groups excluding carboxylic acids is 1. The van der Waals surface area contributed by atoms with Crippen molar-refractivity contribution in [2.24, 2.45) is 0 Å². The van der Waals surface area contributed by atoms with Gasteiger partial charge >= 0.3 is 0 Å². The van der Waals surface area contributed by atoms with Crippen molar-refractivity contribution < 1.29 is 4.79 Å². The molecule has 0 aromatic carbocycles. The number of nitrogens with zero attached hydrogens (tertiary/aromatic N) is 6. The summed E-state index contributed by atoms with van der Waals surface area (Å²) in [6.07, 6.45) is 6.56. The van der Waals surface area contributed by atoms with Gasteiger partial charge in [0, 0.05) is 18.1 Å². The van der Waals surface area contributed by atoms with Crippen LogP contribution >= 0.6 is 0 Å². The summed E-state index contributed by atoms with van der Waals surface area (Å²) >= 11 is 0. The first kappa shape index (κ1) is 15.9. The van der Waals surface area contributed by atoms with Crippen molar-refractivity contribution in [1.82, 2.24) is 29.3 Å². The predicted octanol–water partition coefficient (Wildman–Crippen LogP) is 1.98. The number of imidazole rings is 1. The third kappa shape index (κ3) is 2.90. The highest BCUT2D eigenvalue weighted by atomic mass is 16.2. The molecule has 1 unspecified atom stereocenters. The van der Waals surface area contributed by atoms with Crippen LogP contribution < -0.4 is 5.32 Å². The van der Waals surface area contributed by atoms with E-state index in [1.807, 2.05) is 25.3 Å². The number of anilines is 1. The second-order valence-corrected chi connectivity index (χ2v) is 5.59. The summed E-state index contributed by atoms with van der Waals surface area (Å²) in [6.45, 7) is 7.60. The van der Waals surface area contributed by atoms with Crippen LogP contribution in [0.1, 0.15) is 30.2 Å². The van der Waals surface area contributed by atoms with E-state index in [2.05, 4.69) is 25.4 Å². The molecule has 1 amide bonds. The first-order valence-corrected chi connectivity index (χ1v) is 7.62. The van der Waals surface area contributed by atoms with Crippen molar-refractivity contribution >= 4 is 11.6 Å². The number of amides is 1. The van der Waals surface area contributed by atoms with Gasteiger partial charge in [-0.25, -0.2) is 15.0 Å². The topological polar surface area (TPSA) is 90.5 Å². The predicted molar refractivity (Wildman–Crippen MR) is 88.9 cm³/mol. The van der Waals surface area contributed by atoms with Crippen molar-refractivity contribution in [2.45, 2.75) is 33.7 Å². The van der Waals surface area contributed by atoms with Gasteiger partial charge in [-0.3, -0.25) is 14.0 Å². The Morgan fingerprint density at radius 2 is 1.92 bits per heavy atom. The van der Waals surface area contributed by atoms with E-state index >= 15 is 0 Å². The molecule has 3 heterocycles. The maximum atomic E-state index is 12.2. The van der Waals surface area contributed by atoms with Gasteiger partial charge < -0.3 is 5.32 Å². The molecule has 8 heteroatoms. The van der Waals surface area contributed by atoms with E-state index in [-0.39, 0.29) is 5.91 Å². The van der Waals surface area contributed by atoms with Crippen molar-refractivity contribution in [3.8, 4) is 5.95 Å². The Morgan fingerprint density at radius 1 is 1.21 bits per heavy atom. The Kier molecular flexibility index (Phi) is 4.11. The lowest BCUT2D eigenvalue weighted by Gasteiger charge is -2.12. The van der Waals surface area contributed by atoms with Gasteiger partial charge in [0.05, 0.1) is 23.8 Å². The van der Waals surface area contributed by atoms with Gasteiger partial charge in [-0.15, -0.1) is 0 Å². The summed E-state index contributed by atoms with van der Waals surface area (Å²) in [6, 6.07) is 1.36. The third-order valence-electron chi connectivity index (χ3n) is 3.92. The second kappa shape index (κ2) is 6.23. The normalized spacial score (nSPS) is 12.2. The van der Waals surface area contributed by atoms with Gasteiger partial charge in [0.1, 0.15) is 11.9 Å². The van der Waals surface area contributed by atoms with Crippen molar-refractivity contribution in [3.63, 3.8) is 0 Å². The van der Waals surface area contributed by atoms with Gasteiger partial charge in [0.2, 0.25) is 11.9 Å². The quantitative estimate of drug-likeness (QED) is 0.792. The number of nitrogens with one attached hydrogen (secondary N) is 1. The third-order valence-corrected chi connectivity index (χ3v) is 3.92. The molecule has 0 saturated carbocycles. The Labute approximate surface area is 139 Å². The number of hydrogen-bond donors (Lipinski definition) is 1. The Hall–Kier alpha value is -3.03. The first-order chi connectivity index (χ1) is 11.5. The van der Waals surface area contributed by atoms with Gasteiger partial charge in [-0.1, -0.05) is 0 Å². The average Bonchev–Trinajstić information content (AvgIpc) is 3.17.